The third-order valence-electron chi connectivity index (χ3n) is 5.10. The first kappa shape index (κ1) is 17.5. The van der Waals surface area contributed by atoms with Gasteiger partial charge in [-0.2, -0.15) is 5.10 Å². The van der Waals surface area contributed by atoms with Gasteiger partial charge in [0.2, 0.25) is 0 Å². The molecule has 2 aromatic rings. The number of amides is 2. The summed E-state index contributed by atoms with van der Waals surface area (Å²) in [6.07, 6.45) is 4.95. The molecule has 1 aliphatic heterocycles. The molecule has 2 atom stereocenters. The van der Waals surface area contributed by atoms with Crippen molar-refractivity contribution in [3.05, 3.63) is 35.0 Å². The molecule has 0 aliphatic carbocycles. The highest BCUT2D eigenvalue weighted by molar-refractivity contribution is 5.75. The molecule has 7 nitrogen and oxygen atoms in total. The van der Waals surface area contributed by atoms with E-state index in [0.29, 0.717) is 6.54 Å². The number of aromatic nitrogens is 3. The van der Waals surface area contributed by atoms with Crippen LogP contribution in [0.1, 0.15) is 60.9 Å². The van der Waals surface area contributed by atoms with Crippen LogP contribution in [-0.4, -0.2) is 39.0 Å². The first-order chi connectivity index (χ1) is 12.0. The lowest BCUT2D eigenvalue weighted by Crippen LogP contribution is -2.46. The molecule has 2 aromatic heterocycles. The first-order valence-corrected chi connectivity index (χ1v) is 8.94. The van der Waals surface area contributed by atoms with Crippen molar-refractivity contribution < 1.29 is 9.32 Å². The molecular weight excluding hydrogens is 318 g/mol. The topological polar surface area (TPSA) is 76.2 Å². The van der Waals surface area contributed by atoms with Gasteiger partial charge in [0.1, 0.15) is 5.76 Å². The van der Waals surface area contributed by atoms with E-state index in [9.17, 15) is 4.79 Å². The van der Waals surface area contributed by atoms with E-state index in [4.69, 9.17) is 4.52 Å². The van der Waals surface area contributed by atoms with Crippen molar-refractivity contribution in [3.8, 4) is 0 Å². The predicted octanol–water partition coefficient (Wildman–Crippen LogP) is 3.07. The van der Waals surface area contributed by atoms with Crippen LogP contribution in [0, 0.1) is 13.8 Å². The van der Waals surface area contributed by atoms with Crippen LogP contribution in [0.15, 0.2) is 16.8 Å². The van der Waals surface area contributed by atoms with Crippen molar-refractivity contribution in [2.24, 2.45) is 7.05 Å². The van der Waals surface area contributed by atoms with Crippen molar-refractivity contribution in [2.45, 2.75) is 52.0 Å². The summed E-state index contributed by atoms with van der Waals surface area (Å²) in [5.74, 6) is 0.986. The van der Waals surface area contributed by atoms with Crippen LogP contribution in [0.5, 0.6) is 0 Å². The molecule has 1 saturated heterocycles. The molecule has 1 aliphatic rings. The van der Waals surface area contributed by atoms with Crippen LogP contribution in [0.25, 0.3) is 0 Å². The quantitative estimate of drug-likeness (QED) is 0.924. The molecule has 2 amide bonds. The van der Waals surface area contributed by atoms with E-state index in [2.05, 4.69) is 22.5 Å². The zero-order valence-electron chi connectivity index (χ0n) is 15.5. The third-order valence-corrected chi connectivity index (χ3v) is 5.10. The van der Waals surface area contributed by atoms with E-state index in [1.165, 1.54) is 0 Å². The van der Waals surface area contributed by atoms with Gasteiger partial charge in [-0.25, -0.2) is 4.79 Å². The first-order valence-electron chi connectivity index (χ1n) is 8.94. The van der Waals surface area contributed by atoms with Gasteiger partial charge in [-0.05, 0) is 39.2 Å². The molecule has 25 heavy (non-hydrogen) atoms. The lowest BCUT2D eigenvalue weighted by Gasteiger charge is -2.36. The van der Waals surface area contributed by atoms with Crippen LogP contribution in [0.4, 0.5) is 4.79 Å². The van der Waals surface area contributed by atoms with Gasteiger partial charge < -0.3 is 14.7 Å². The van der Waals surface area contributed by atoms with Crippen LogP contribution in [-0.2, 0) is 7.05 Å². The number of aryl methyl sites for hydroxylation is 3. The molecule has 0 aromatic carbocycles. The van der Waals surface area contributed by atoms with Gasteiger partial charge in [-0.1, -0.05) is 12.1 Å². The van der Waals surface area contributed by atoms with E-state index < -0.39 is 0 Å². The highest BCUT2D eigenvalue weighted by Gasteiger charge is 2.30. The van der Waals surface area contributed by atoms with Crippen molar-refractivity contribution in [2.75, 3.05) is 13.1 Å². The van der Waals surface area contributed by atoms with E-state index in [1.807, 2.05) is 36.5 Å². The lowest BCUT2D eigenvalue weighted by atomic mass is 9.99. The number of carbonyl (C=O) groups excluding carboxylic acids is 1. The minimum absolute atomic E-state index is 0.00971. The fourth-order valence-corrected chi connectivity index (χ4v) is 3.83. The Kier molecular flexibility index (Phi) is 5.11. The Morgan fingerprint density at radius 1 is 1.44 bits per heavy atom. The van der Waals surface area contributed by atoms with Gasteiger partial charge >= 0.3 is 6.03 Å². The van der Waals surface area contributed by atoms with E-state index in [-0.39, 0.29) is 18.0 Å². The zero-order chi connectivity index (χ0) is 18.0. The largest absolute Gasteiger partial charge is 0.361 e. The Hall–Kier alpha value is -2.31. The van der Waals surface area contributed by atoms with Crippen LogP contribution >= 0.6 is 0 Å². The number of urea groups is 1. The van der Waals surface area contributed by atoms with E-state index >= 15 is 0 Å². The van der Waals surface area contributed by atoms with Crippen molar-refractivity contribution in [1.82, 2.24) is 25.2 Å². The number of piperidine rings is 1. The fourth-order valence-electron chi connectivity index (χ4n) is 3.83. The molecule has 2 unspecified atom stereocenters. The van der Waals surface area contributed by atoms with Crippen LogP contribution in [0.3, 0.4) is 0 Å². The summed E-state index contributed by atoms with van der Waals surface area (Å²) in [5, 5.41) is 11.3. The van der Waals surface area contributed by atoms with Gasteiger partial charge in [-0.15, -0.1) is 0 Å². The summed E-state index contributed by atoms with van der Waals surface area (Å²) in [4.78, 5) is 14.7. The van der Waals surface area contributed by atoms with E-state index in [1.54, 1.807) is 6.20 Å². The maximum absolute atomic E-state index is 12.8. The van der Waals surface area contributed by atoms with Gasteiger partial charge in [0.15, 0.2) is 0 Å². The molecule has 1 fully saturated rings. The number of hydrogen-bond donors (Lipinski definition) is 1. The Morgan fingerprint density at radius 3 is 2.88 bits per heavy atom. The minimum Gasteiger partial charge on any atom is -0.361 e. The summed E-state index contributed by atoms with van der Waals surface area (Å²) in [6, 6.07) is 2.09. The monoisotopic (exact) mass is 345 g/mol. The average Bonchev–Trinajstić information content (AvgIpc) is 3.17. The van der Waals surface area contributed by atoms with Crippen LogP contribution in [0.2, 0.25) is 0 Å². The Bertz CT molecular complexity index is 716. The molecular formula is C18H27N5O2. The molecule has 3 heterocycles. The molecule has 0 saturated carbocycles. The second kappa shape index (κ2) is 7.29. The summed E-state index contributed by atoms with van der Waals surface area (Å²) in [6.45, 7) is 7.28. The Balaban J connectivity index is 1.66. The predicted molar refractivity (Wildman–Crippen MR) is 94.3 cm³/mol. The Labute approximate surface area is 148 Å². The molecule has 7 heteroatoms. The smallest absolute Gasteiger partial charge is 0.317 e. The number of hydrogen-bond acceptors (Lipinski definition) is 4. The number of rotatable bonds is 4. The standard InChI is InChI=1S/C18H27N5O2/c1-12(17-13(2)21-25-14(17)3)11-19-18(24)23-10-6-5-7-16(23)15-8-9-20-22(15)4/h8-9,12,16H,5-7,10-11H2,1-4H3,(H,19,24). The third kappa shape index (κ3) is 3.55. The second-order valence-corrected chi connectivity index (χ2v) is 6.91. The molecule has 0 bridgehead atoms. The van der Waals surface area contributed by atoms with Gasteiger partial charge in [-0.3, -0.25) is 4.68 Å². The Morgan fingerprint density at radius 2 is 2.24 bits per heavy atom. The van der Waals surface area contributed by atoms with Crippen molar-refractivity contribution >= 4 is 6.03 Å². The van der Waals surface area contributed by atoms with Crippen molar-refractivity contribution in [3.63, 3.8) is 0 Å². The van der Waals surface area contributed by atoms with Gasteiger partial charge in [0.25, 0.3) is 0 Å². The summed E-state index contributed by atoms with van der Waals surface area (Å²) < 4.78 is 7.10. The second-order valence-electron chi connectivity index (χ2n) is 6.91. The SMILES string of the molecule is Cc1noc(C)c1C(C)CNC(=O)N1CCCCC1c1ccnn1C. The normalized spacial score (nSPS) is 19.0. The fraction of sp³-hybridized carbons (Fsp3) is 0.611. The number of nitrogens with one attached hydrogen (secondary N) is 1. The molecule has 3 rings (SSSR count). The van der Waals surface area contributed by atoms with E-state index in [0.717, 1.165) is 48.5 Å². The number of nitrogens with zero attached hydrogens (tertiary/aromatic N) is 4. The zero-order valence-corrected chi connectivity index (χ0v) is 15.5. The highest BCUT2D eigenvalue weighted by atomic mass is 16.5. The summed E-state index contributed by atoms with van der Waals surface area (Å²) >= 11 is 0. The average molecular weight is 345 g/mol. The highest BCUT2D eigenvalue weighted by Crippen LogP contribution is 2.30. The maximum Gasteiger partial charge on any atom is 0.317 e. The molecule has 0 spiro atoms. The van der Waals surface area contributed by atoms with Gasteiger partial charge in [0, 0.05) is 37.8 Å². The van der Waals surface area contributed by atoms with Crippen LogP contribution < -0.4 is 5.32 Å². The molecule has 136 valence electrons. The summed E-state index contributed by atoms with van der Waals surface area (Å²) in [5.41, 5.74) is 3.07. The van der Waals surface area contributed by atoms with Crippen molar-refractivity contribution in [1.29, 1.82) is 0 Å². The molecule has 0 radical (unpaired) electrons. The number of likely N-dealkylation sites (tertiary alicyclic amines) is 1. The maximum atomic E-state index is 12.8. The lowest BCUT2D eigenvalue weighted by molar-refractivity contribution is 0.147. The minimum atomic E-state index is -0.00971. The van der Waals surface area contributed by atoms with Gasteiger partial charge in [0.05, 0.1) is 17.4 Å². The number of carbonyl (C=O) groups is 1. The molecule has 1 N–H and O–H groups in total. The summed E-state index contributed by atoms with van der Waals surface area (Å²) in [7, 11) is 1.93.